The Morgan fingerprint density at radius 3 is 2.80 bits per heavy atom. The Bertz CT molecular complexity index is 1280. The maximum absolute atomic E-state index is 14.8. The normalized spacial score (nSPS) is 11.2. The molecule has 8 nitrogen and oxygen atoms in total. The summed E-state index contributed by atoms with van der Waals surface area (Å²) < 4.78 is 18.3. The average molecular weight is 425 g/mol. The number of imidazole rings is 1. The molecule has 0 spiro atoms. The van der Waals surface area contributed by atoms with E-state index < -0.39 is 5.82 Å². The number of rotatable bonds is 5. The van der Waals surface area contributed by atoms with Gasteiger partial charge in [-0.3, -0.25) is 4.68 Å². The Hall–Kier alpha value is -3.51. The minimum absolute atomic E-state index is 0.118. The van der Waals surface area contributed by atoms with Gasteiger partial charge in [0.2, 0.25) is 5.95 Å². The molecule has 4 aromatic rings. The van der Waals surface area contributed by atoms with Gasteiger partial charge in [-0.1, -0.05) is 11.6 Å². The second-order valence-corrected chi connectivity index (χ2v) is 7.46. The molecule has 1 aromatic carbocycles. The van der Waals surface area contributed by atoms with E-state index in [1.807, 2.05) is 37.5 Å². The van der Waals surface area contributed by atoms with Gasteiger partial charge in [-0.15, -0.1) is 0 Å². The summed E-state index contributed by atoms with van der Waals surface area (Å²) in [7, 11) is 0. The number of aromatic nitrogens is 6. The van der Waals surface area contributed by atoms with Crippen LogP contribution in [-0.2, 0) is 6.54 Å². The van der Waals surface area contributed by atoms with Crippen molar-refractivity contribution in [1.29, 1.82) is 5.26 Å². The van der Waals surface area contributed by atoms with Crippen LogP contribution >= 0.6 is 11.6 Å². The lowest BCUT2D eigenvalue weighted by atomic mass is 10.1. The molecule has 0 aliphatic heterocycles. The van der Waals surface area contributed by atoms with Crippen molar-refractivity contribution in [2.24, 2.45) is 0 Å². The molecule has 1 N–H and O–H groups in total. The van der Waals surface area contributed by atoms with Gasteiger partial charge in [0.15, 0.2) is 5.82 Å². The first-order valence-corrected chi connectivity index (χ1v) is 9.62. The number of nitrogens with zero attached hydrogens (tertiary/aromatic N) is 7. The summed E-state index contributed by atoms with van der Waals surface area (Å²) in [5, 5.41) is 16.1. The summed E-state index contributed by atoms with van der Waals surface area (Å²) in [6.07, 6.45) is 4.68. The van der Waals surface area contributed by atoms with Crippen molar-refractivity contribution in [3.8, 4) is 17.3 Å². The van der Waals surface area contributed by atoms with E-state index in [0.29, 0.717) is 33.0 Å². The molecule has 10 heteroatoms. The lowest BCUT2D eigenvalue weighted by Crippen LogP contribution is -2.03. The van der Waals surface area contributed by atoms with Crippen LogP contribution in [0.3, 0.4) is 0 Å². The largest absolute Gasteiger partial charge is 0.326 e. The van der Waals surface area contributed by atoms with Gasteiger partial charge in [0.1, 0.15) is 17.9 Å². The highest BCUT2D eigenvalue weighted by Gasteiger charge is 2.18. The maximum atomic E-state index is 14.8. The quantitative estimate of drug-likeness (QED) is 0.501. The fourth-order valence-electron chi connectivity index (χ4n) is 3.40. The molecule has 0 fully saturated rings. The molecule has 0 bridgehead atoms. The minimum Gasteiger partial charge on any atom is -0.326 e. The molecule has 30 heavy (non-hydrogen) atoms. The van der Waals surface area contributed by atoms with Crippen LogP contribution in [-0.4, -0.2) is 29.3 Å². The lowest BCUT2D eigenvalue weighted by molar-refractivity contribution is 0.600. The van der Waals surface area contributed by atoms with E-state index >= 15 is 0 Å². The van der Waals surface area contributed by atoms with Gasteiger partial charge in [0.05, 0.1) is 40.4 Å². The molecule has 0 aliphatic rings. The number of nitriles is 1. The molecule has 0 aliphatic carbocycles. The Morgan fingerprint density at radius 2 is 2.07 bits per heavy atom. The number of aryl methyl sites for hydroxylation is 1. The third-order valence-corrected chi connectivity index (χ3v) is 4.86. The molecule has 0 saturated heterocycles. The molecule has 0 saturated carbocycles. The molecule has 4 rings (SSSR count). The van der Waals surface area contributed by atoms with Gasteiger partial charge < -0.3 is 9.88 Å². The van der Waals surface area contributed by atoms with E-state index in [9.17, 15) is 4.39 Å². The third-order valence-electron chi connectivity index (χ3n) is 4.58. The Morgan fingerprint density at radius 1 is 1.27 bits per heavy atom. The topological polar surface area (TPSA) is 97.2 Å². The lowest BCUT2D eigenvalue weighted by Gasteiger charge is -2.12. The van der Waals surface area contributed by atoms with Crippen molar-refractivity contribution in [2.45, 2.75) is 33.4 Å². The number of hydrogen-bond donors (Lipinski definition) is 1. The summed E-state index contributed by atoms with van der Waals surface area (Å²) >= 11 is 6.34. The highest BCUT2D eigenvalue weighted by atomic mass is 35.5. The summed E-state index contributed by atoms with van der Waals surface area (Å²) in [6, 6.07) is 5.34. The summed E-state index contributed by atoms with van der Waals surface area (Å²) in [4.78, 5) is 13.0. The van der Waals surface area contributed by atoms with Gasteiger partial charge >= 0.3 is 0 Å². The van der Waals surface area contributed by atoms with Crippen LogP contribution in [0.1, 0.15) is 25.7 Å². The molecular weight excluding hydrogens is 407 g/mol. The minimum atomic E-state index is -0.438. The fourth-order valence-corrected chi connectivity index (χ4v) is 3.60. The first kappa shape index (κ1) is 19.8. The highest BCUT2D eigenvalue weighted by Crippen LogP contribution is 2.32. The van der Waals surface area contributed by atoms with Gasteiger partial charge in [0, 0.05) is 17.8 Å². The van der Waals surface area contributed by atoms with E-state index in [1.165, 1.54) is 16.9 Å². The second kappa shape index (κ2) is 7.72. The van der Waals surface area contributed by atoms with Gasteiger partial charge in [-0.2, -0.15) is 10.4 Å². The SMILES string of the molecule is Cc1nc2c(F)cc(-c3nc(Nc4cnn(CC#N)c4)ncc3Cl)cc2n1C(C)C. The summed E-state index contributed by atoms with van der Waals surface area (Å²) in [5.41, 5.74) is 2.54. The van der Waals surface area contributed by atoms with Crippen LogP contribution in [0, 0.1) is 24.1 Å². The number of nitrogens with one attached hydrogen (secondary N) is 1. The Kier molecular flexibility index (Phi) is 5.10. The van der Waals surface area contributed by atoms with Crippen LogP contribution in [0.4, 0.5) is 16.0 Å². The Labute approximate surface area is 177 Å². The van der Waals surface area contributed by atoms with E-state index in [4.69, 9.17) is 16.9 Å². The molecule has 152 valence electrons. The third kappa shape index (κ3) is 3.57. The first-order chi connectivity index (χ1) is 14.4. The predicted molar refractivity (Wildman–Crippen MR) is 112 cm³/mol. The zero-order valence-electron chi connectivity index (χ0n) is 16.6. The van der Waals surface area contributed by atoms with Crippen LogP contribution in [0.5, 0.6) is 0 Å². The standard InChI is InChI=1S/C20H18ClFN8/c1-11(2)30-12(3)26-19-16(22)6-13(7-17(19)30)18-15(21)9-24-20(28-18)27-14-8-25-29(10-14)5-4-23/h6-11H,5H2,1-3H3,(H,24,27,28). The smallest absolute Gasteiger partial charge is 0.227 e. The van der Waals surface area contributed by atoms with Crippen LogP contribution in [0.15, 0.2) is 30.7 Å². The predicted octanol–water partition coefficient (Wildman–Crippen LogP) is 4.64. The van der Waals surface area contributed by atoms with Gasteiger partial charge in [-0.25, -0.2) is 19.3 Å². The average Bonchev–Trinajstić information content (AvgIpc) is 3.27. The Balaban J connectivity index is 1.76. The number of fused-ring (bicyclic) bond motifs is 1. The monoisotopic (exact) mass is 424 g/mol. The van der Waals surface area contributed by atoms with Crippen LogP contribution in [0.25, 0.3) is 22.3 Å². The number of anilines is 2. The summed E-state index contributed by atoms with van der Waals surface area (Å²) in [5.74, 6) is 0.577. The van der Waals surface area contributed by atoms with E-state index in [2.05, 4.69) is 25.4 Å². The second-order valence-electron chi connectivity index (χ2n) is 7.05. The van der Waals surface area contributed by atoms with E-state index in [0.717, 1.165) is 5.82 Å². The molecule has 0 atom stereocenters. The van der Waals surface area contributed by atoms with Crippen molar-refractivity contribution in [2.75, 3.05) is 5.32 Å². The fraction of sp³-hybridized carbons (Fsp3) is 0.250. The van der Waals surface area contributed by atoms with Crippen molar-refractivity contribution in [1.82, 2.24) is 29.3 Å². The van der Waals surface area contributed by atoms with Crippen LogP contribution in [0.2, 0.25) is 5.02 Å². The molecule has 3 heterocycles. The highest BCUT2D eigenvalue weighted by molar-refractivity contribution is 6.33. The van der Waals surface area contributed by atoms with Crippen molar-refractivity contribution in [3.63, 3.8) is 0 Å². The zero-order valence-corrected chi connectivity index (χ0v) is 17.3. The van der Waals surface area contributed by atoms with Crippen molar-refractivity contribution >= 4 is 34.3 Å². The maximum Gasteiger partial charge on any atom is 0.227 e. The molecule has 0 amide bonds. The zero-order chi connectivity index (χ0) is 21.4. The number of halogens is 2. The van der Waals surface area contributed by atoms with Crippen molar-refractivity contribution in [3.05, 3.63) is 47.4 Å². The number of hydrogen-bond acceptors (Lipinski definition) is 6. The van der Waals surface area contributed by atoms with Gasteiger partial charge in [-0.05, 0) is 32.9 Å². The molecular formula is C20H18ClFN8. The summed E-state index contributed by atoms with van der Waals surface area (Å²) in [6.45, 7) is 6.03. The van der Waals surface area contributed by atoms with Crippen molar-refractivity contribution < 1.29 is 4.39 Å². The van der Waals surface area contributed by atoms with E-state index in [1.54, 1.807) is 12.4 Å². The van der Waals surface area contributed by atoms with E-state index in [-0.39, 0.29) is 18.5 Å². The molecule has 3 aromatic heterocycles. The first-order valence-electron chi connectivity index (χ1n) is 9.24. The number of benzene rings is 1. The molecule has 0 radical (unpaired) electrons. The van der Waals surface area contributed by atoms with Crippen LogP contribution < -0.4 is 5.32 Å². The van der Waals surface area contributed by atoms with Gasteiger partial charge in [0.25, 0.3) is 0 Å². The molecule has 0 unspecified atom stereocenters.